The normalized spacial score (nSPS) is 11.9. The van der Waals surface area contributed by atoms with E-state index in [4.69, 9.17) is 0 Å². The summed E-state index contributed by atoms with van der Waals surface area (Å²) in [7, 11) is 0. The summed E-state index contributed by atoms with van der Waals surface area (Å²) < 4.78 is 0. The van der Waals surface area contributed by atoms with Gasteiger partial charge < -0.3 is 10.6 Å². The lowest BCUT2D eigenvalue weighted by atomic mass is 10.2. The first-order chi connectivity index (χ1) is 9.10. The Kier molecular flexibility index (Phi) is 5.98. The lowest BCUT2D eigenvalue weighted by Crippen LogP contribution is -2.18. The molecule has 1 unspecified atom stereocenters. The van der Waals surface area contributed by atoms with Gasteiger partial charge in [-0.2, -0.15) is 0 Å². The van der Waals surface area contributed by atoms with Gasteiger partial charge in [0.15, 0.2) is 0 Å². The number of nitrogens with zero attached hydrogens (tertiary/aromatic N) is 3. The van der Waals surface area contributed by atoms with Crippen molar-refractivity contribution in [3.63, 3.8) is 0 Å². The highest BCUT2D eigenvalue weighted by Gasteiger charge is 2.23. The molecule has 1 rings (SSSR count). The van der Waals surface area contributed by atoms with Gasteiger partial charge in [-0.25, -0.2) is 9.97 Å². The first-order valence-electron chi connectivity index (χ1n) is 6.59. The monoisotopic (exact) mass is 267 g/mol. The number of hydrogen-bond acceptors (Lipinski definition) is 6. The summed E-state index contributed by atoms with van der Waals surface area (Å²) in [6.45, 7) is 6.68. The van der Waals surface area contributed by atoms with Gasteiger partial charge in [0.2, 0.25) is 11.6 Å². The largest absolute Gasteiger partial charge is 0.364 e. The van der Waals surface area contributed by atoms with Crippen LogP contribution in [-0.4, -0.2) is 27.5 Å². The molecule has 1 aromatic rings. The maximum Gasteiger partial charge on any atom is 0.353 e. The fraction of sp³-hybridized carbons (Fsp3) is 0.667. The Morgan fingerprint density at radius 3 is 2.58 bits per heavy atom. The minimum Gasteiger partial charge on any atom is -0.364 e. The van der Waals surface area contributed by atoms with Crippen LogP contribution in [0, 0.1) is 10.1 Å². The van der Waals surface area contributed by atoms with Crippen LogP contribution >= 0.6 is 0 Å². The molecule has 2 N–H and O–H groups in total. The Morgan fingerprint density at radius 2 is 2.00 bits per heavy atom. The van der Waals surface area contributed by atoms with Gasteiger partial charge in [-0.15, -0.1) is 0 Å². The van der Waals surface area contributed by atoms with Crippen molar-refractivity contribution in [2.45, 2.75) is 46.1 Å². The Bertz CT molecular complexity index is 425. The average Bonchev–Trinajstić information content (AvgIpc) is 2.36. The summed E-state index contributed by atoms with van der Waals surface area (Å²) in [5, 5.41) is 17.2. The van der Waals surface area contributed by atoms with Crippen LogP contribution in [0.2, 0.25) is 0 Å². The number of hydrogen-bond donors (Lipinski definition) is 2. The van der Waals surface area contributed by atoms with Crippen molar-refractivity contribution in [3.8, 4) is 0 Å². The molecular formula is C12H21N5O2. The maximum absolute atomic E-state index is 11.2. The predicted octanol–water partition coefficient (Wildman–Crippen LogP) is 2.81. The molecule has 0 aliphatic rings. The van der Waals surface area contributed by atoms with Crippen molar-refractivity contribution in [3.05, 3.63) is 16.4 Å². The van der Waals surface area contributed by atoms with Gasteiger partial charge in [0, 0.05) is 12.6 Å². The minimum absolute atomic E-state index is 0.0843. The Morgan fingerprint density at radius 1 is 1.32 bits per heavy atom. The van der Waals surface area contributed by atoms with E-state index in [1.807, 2.05) is 13.8 Å². The van der Waals surface area contributed by atoms with Gasteiger partial charge in [-0.3, -0.25) is 10.1 Å². The number of aromatic nitrogens is 2. The van der Waals surface area contributed by atoms with Crippen molar-refractivity contribution in [1.29, 1.82) is 0 Å². The molecule has 0 aliphatic carbocycles. The summed E-state index contributed by atoms with van der Waals surface area (Å²) >= 11 is 0. The van der Waals surface area contributed by atoms with Crippen LogP contribution in [0.15, 0.2) is 6.33 Å². The first kappa shape index (κ1) is 15.1. The van der Waals surface area contributed by atoms with Gasteiger partial charge >= 0.3 is 5.69 Å². The molecular weight excluding hydrogens is 246 g/mol. The van der Waals surface area contributed by atoms with Gasteiger partial charge in [-0.05, 0) is 19.8 Å². The summed E-state index contributed by atoms with van der Waals surface area (Å²) in [6, 6.07) is 0.137. The highest BCUT2D eigenvalue weighted by molar-refractivity contribution is 5.69. The molecule has 0 aromatic carbocycles. The Labute approximate surface area is 113 Å². The van der Waals surface area contributed by atoms with Crippen LogP contribution in [-0.2, 0) is 0 Å². The van der Waals surface area contributed by atoms with Gasteiger partial charge in [0.1, 0.15) is 6.33 Å². The zero-order valence-electron chi connectivity index (χ0n) is 11.6. The Balaban J connectivity index is 2.99. The second-order valence-electron chi connectivity index (χ2n) is 4.44. The zero-order valence-corrected chi connectivity index (χ0v) is 11.6. The highest BCUT2D eigenvalue weighted by Crippen LogP contribution is 2.29. The number of nitro groups is 1. The third-order valence-electron chi connectivity index (χ3n) is 2.65. The van der Waals surface area contributed by atoms with Gasteiger partial charge in [-0.1, -0.05) is 20.3 Å². The third kappa shape index (κ3) is 4.35. The lowest BCUT2D eigenvalue weighted by molar-refractivity contribution is -0.383. The van der Waals surface area contributed by atoms with Crippen molar-refractivity contribution in [2.75, 3.05) is 17.2 Å². The number of rotatable bonds is 8. The molecule has 0 saturated heterocycles. The van der Waals surface area contributed by atoms with Crippen LogP contribution < -0.4 is 10.6 Å². The molecule has 1 aromatic heterocycles. The number of nitrogens with one attached hydrogen (secondary N) is 2. The molecule has 1 atom stereocenters. The van der Waals surface area contributed by atoms with Crippen LogP contribution in [0.3, 0.4) is 0 Å². The van der Waals surface area contributed by atoms with E-state index in [0.717, 1.165) is 19.3 Å². The van der Waals surface area contributed by atoms with Crippen LogP contribution in [0.1, 0.15) is 40.0 Å². The van der Waals surface area contributed by atoms with Crippen molar-refractivity contribution >= 4 is 17.3 Å². The maximum atomic E-state index is 11.2. The first-order valence-corrected chi connectivity index (χ1v) is 6.59. The van der Waals surface area contributed by atoms with Crippen LogP contribution in [0.5, 0.6) is 0 Å². The van der Waals surface area contributed by atoms with E-state index in [-0.39, 0.29) is 23.4 Å². The third-order valence-corrected chi connectivity index (χ3v) is 2.65. The van der Waals surface area contributed by atoms with Gasteiger partial charge in [0.05, 0.1) is 4.92 Å². The number of anilines is 2. The summed E-state index contributed by atoms with van der Waals surface area (Å²) in [4.78, 5) is 18.7. The molecule has 0 radical (unpaired) electrons. The highest BCUT2D eigenvalue weighted by atomic mass is 16.6. The van der Waals surface area contributed by atoms with E-state index in [1.165, 1.54) is 6.33 Å². The smallest absolute Gasteiger partial charge is 0.353 e. The molecule has 106 valence electrons. The molecule has 1 heterocycles. The second-order valence-corrected chi connectivity index (χ2v) is 4.44. The van der Waals surface area contributed by atoms with E-state index in [0.29, 0.717) is 6.54 Å². The SMILES string of the molecule is CCCNc1ncnc(NC(C)CCC)c1[N+](=O)[O-]. The topological polar surface area (TPSA) is 93.0 Å². The molecule has 0 aliphatic heterocycles. The van der Waals surface area contributed by atoms with E-state index in [1.54, 1.807) is 0 Å². The van der Waals surface area contributed by atoms with E-state index in [9.17, 15) is 10.1 Å². The summed E-state index contributed by atoms with van der Waals surface area (Å²) in [5.74, 6) is 0.549. The van der Waals surface area contributed by atoms with E-state index in [2.05, 4.69) is 27.5 Å². The van der Waals surface area contributed by atoms with Crippen molar-refractivity contribution in [2.24, 2.45) is 0 Å². The van der Waals surface area contributed by atoms with E-state index < -0.39 is 4.92 Å². The molecule has 0 bridgehead atoms. The lowest BCUT2D eigenvalue weighted by Gasteiger charge is -2.14. The average molecular weight is 267 g/mol. The van der Waals surface area contributed by atoms with Gasteiger partial charge in [0.25, 0.3) is 0 Å². The second kappa shape index (κ2) is 7.50. The molecule has 7 nitrogen and oxygen atoms in total. The van der Waals surface area contributed by atoms with Crippen molar-refractivity contribution in [1.82, 2.24) is 9.97 Å². The molecule has 19 heavy (non-hydrogen) atoms. The fourth-order valence-electron chi connectivity index (χ4n) is 1.77. The zero-order chi connectivity index (χ0) is 14.3. The summed E-state index contributed by atoms with van der Waals surface area (Å²) in [6.07, 6.45) is 4.15. The Hall–Kier alpha value is -1.92. The summed E-state index contributed by atoms with van der Waals surface area (Å²) in [5.41, 5.74) is -0.0843. The molecule has 0 spiro atoms. The predicted molar refractivity (Wildman–Crippen MR) is 75.5 cm³/mol. The standard InChI is InChI=1S/C12H21N5O2/c1-4-6-9(3)16-12-10(17(18)19)11(13-7-5-2)14-8-15-12/h8-9H,4-7H2,1-3H3,(H2,13,14,15,16). The molecule has 0 fully saturated rings. The quantitative estimate of drug-likeness (QED) is 0.555. The van der Waals surface area contributed by atoms with Crippen LogP contribution in [0.25, 0.3) is 0 Å². The van der Waals surface area contributed by atoms with E-state index >= 15 is 0 Å². The minimum atomic E-state index is -0.445. The molecule has 0 amide bonds. The van der Waals surface area contributed by atoms with Crippen LogP contribution in [0.4, 0.5) is 17.3 Å². The fourth-order valence-corrected chi connectivity index (χ4v) is 1.77. The molecule has 0 saturated carbocycles. The van der Waals surface area contributed by atoms with Crippen molar-refractivity contribution < 1.29 is 4.92 Å². The molecule has 7 heteroatoms.